The molecule has 0 aromatic heterocycles. The molecule has 0 saturated carbocycles. The van der Waals surface area contributed by atoms with Crippen LogP contribution in [0.25, 0.3) is 0 Å². The van der Waals surface area contributed by atoms with Crippen molar-refractivity contribution in [3.63, 3.8) is 0 Å². The molecule has 0 amide bonds. The third-order valence-corrected chi connectivity index (χ3v) is 9.10. The molecule has 1 aliphatic heterocycles. The Morgan fingerprint density at radius 3 is 1.50 bits per heavy atom. The first-order valence-corrected chi connectivity index (χ1v) is 14.9. The molecule has 0 spiro atoms. The molecule has 1 aromatic rings. The monoisotopic (exact) mass is 619 g/mol. The number of nitrogens with zero attached hydrogens (tertiary/aromatic N) is 1. The summed E-state index contributed by atoms with van der Waals surface area (Å²) in [6.07, 6.45) is 16.8. The number of halogens is 6. The largest absolute Gasteiger partial charge is 0 e. The first-order chi connectivity index (χ1) is 15.0. The van der Waals surface area contributed by atoms with Crippen LogP contribution in [0.2, 0.25) is 0 Å². The minimum atomic E-state index is -10.7. The fourth-order valence-electron chi connectivity index (χ4n) is 3.88. The van der Waals surface area contributed by atoms with E-state index in [1.165, 1.54) is 38.5 Å². The van der Waals surface area contributed by atoms with Crippen molar-refractivity contribution >= 4 is 21.0 Å². The van der Waals surface area contributed by atoms with Crippen molar-refractivity contribution in [2.45, 2.75) is 76.7 Å². The maximum Gasteiger partial charge on any atom is 0 e. The Kier molecular flexibility index (Phi) is 13.2. The van der Waals surface area contributed by atoms with Gasteiger partial charge >= 0.3 is 33.0 Å². The third-order valence-electron chi connectivity index (χ3n) is 5.72. The summed E-state index contributed by atoms with van der Waals surface area (Å²) in [5, 5.41) is 1.66. The van der Waals surface area contributed by atoms with Crippen LogP contribution in [0.15, 0.2) is 48.6 Å². The van der Waals surface area contributed by atoms with Crippen LogP contribution in [0.5, 0.6) is 0 Å². The van der Waals surface area contributed by atoms with Gasteiger partial charge in [-0.3, -0.25) is 0 Å². The van der Waals surface area contributed by atoms with E-state index >= 15 is 0 Å². The van der Waals surface area contributed by atoms with Crippen LogP contribution >= 0.6 is 15.7 Å². The fourth-order valence-corrected chi connectivity index (χ4v) is 7.37. The van der Waals surface area contributed by atoms with Crippen molar-refractivity contribution in [2.24, 2.45) is 0 Å². The second kappa shape index (κ2) is 13.3. The van der Waals surface area contributed by atoms with Crippen molar-refractivity contribution in [1.29, 1.82) is 0 Å². The van der Waals surface area contributed by atoms with Crippen LogP contribution in [-0.4, -0.2) is 30.3 Å². The number of hydrogen-bond acceptors (Lipinski definition) is 1. The second-order valence-electron chi connectivity index (χ2n) is 8.94. The first kappa shape index (κ1) is 33.7. The van der Waals surface area contributed by atoms with Gasteiger partial charge in [-0.25, -0.2) is 0 Å². The molecule has 201 valence electrons. The molecule has 2 aliphatic rings. The number of allylic oxidation sites excluding steroid dienone is 4. The zero-order valence-electron chi connectivity index (χ0n) is 20.5. The van der Waals surface area contributed by atoms with Crippen LogP contribution in [0, 0.1) is 0 Å². The van der Waals surface area contributed by atoms with Gasteiger partial charge in [-0.2, -0.15) is 0 Å². The van der Waals surface area contributed by atoms with Crippen LogP contribution in [0.3, 0.4) is 0 Å². The molecule has 1 radical (unpaired) electrons. The molecule has 3 rings (SSSR count). The minimum Gasteiger partial charge on any atom is 0 e. The molecule has 1 nitrogen and oxygen atoms in total. The summed E-state index contributed by atoms with van der Waals surface area (Å²) < 4.78 is 59.2. The Bertz CT molecular complexity index is 749. The zero-order chi connectivity index (χ0) is 25.3. The van der Waals surface area contributed by atoms with E-state index in [4.69, 9.17) is 0 Å². The number of hydrogen-bond donors (Lipinski definition) is 0. The maximum absolute atomic E-state index is 10.7. The first-order valence-electron chi connectivity index (χ1n) is 11.4. The van der Waals surface area contributed by atoms with Gasteiger partial charge in [0, 0.05) is 25.5 Å². The SMILES string of the molecule is C1=C\CC/C=C\CC/1.C[C@H](c1ccccc1P1[C@H](C)CC[C@H]1C)N(C)C.F[P-](F)(F)(F)(F)F.[Rh]. The Morgan fingerprint density at radius 2 is 1.15 bits per heavy atom. The van der Waals surface area contributed by atoms with Gasteiger partial charge in [0.25, 0.3) is 0 Å². The standard InChI is InChI=1S/C16H26NP.C8H12.F6P.Rh/c1-12-10-11-13(2)18(12)16-9-7-6-8-15(16)14(3)17(4)5;1-2-4-6-8-7-5-3-1;1-7(2,3,4,5)6;/h6-9,12-14H,10-11H2,1-5H3;1-2,7-8H,3-6H2;;/q;;-1;/b;2-1-,8-7-;;/t12-,13-,14-;;;/m1.../s1. The zero-order valence-corrected chi connectivity index (χ0v) is 24.0. The summed E-state index contributed by atoms with van der Waals surface area (Å²) in [6.45, 7) is 7.22. The summed E-state index contributed by atoms with van der Waals surface area (Å²) in [5.41, 5.74) is 3.34. The van der Waals surface area contributed by atoms with Gasteiger partial charge in [-0.1, -0.05) is 70.3 Å². The average Bonchev–Trinajstić information content (AvgIpc) is 2.97. The van der Waals surface area contributed by atoms with E-state index < -0.39 is 7.81 Å². The van der Waals surface area contributed by atoms with Gasteiger partial charge in [-0.05, 0) is 81.7 Å². The minimum absolute atomic E-state index is 0. The Hall–Kier alpha value is -0.277. The normalized spacial score (nSPS) is 25.5. The predicted octanol–water partition coefficient (Wildman–Crippen LogP) is 10.0. The van der Waals surface area contributed by atoms with Gasteiger partial charge in [0.15, 0.2) is 0 Å². The summed E-state index contributed by atoms with van der Waals surface area (Å²) >= 11 is 0. The van der Waals surface area contributed by atoms with E-state index in [2.05, 4.69) is 88.3 Å². The smallest absolute Gasteiger partial charge is 0 e. The molecule has 1 fully saturated rings. The van der Waals surface area contributed by atoms with Crippen molar-refractivity contribution in [3.05, 3.63) is 54.1 Å². The molecule has 1 aliphatic carbocycles. The summed E-state index contributed by atoms with van der Waals surface area (Å²) in [7, 11) is -6.27. The molecule has 1 aromatic carbocycles. The molecule has 1 heterocycles. The van der Waals surface area contributed by atoms with Gasteiger partial charge in [-0.15, -0.1) is 0 Å². The Balaban J connectivity index is 0.000000567. The van der Waals surface area contributed by atoms with Crippen molar-refractivity contribution in [3.8, 4) is 0 Å². The molecule has 0 N–H and O–H groups in total. The molecule has 3 atom stereocenters. The molecule has 0 bridgehead atoms. The van der Waals surface area contributed by atoms with E-state index in [0.29, 0.717) is 6.04 Å². The molecular formula is C24H38F6NP2Rh-. The van der Waals surface area contributed by atoms with Gasteiger partial charge in [0.05, 0.1) is 0 Å². The molecular weight excluding hydrogens is 581 g/mol. The molecule has 0 unspecified atom stereocenters. The second-order valence-corrected chi connectivity index (χ2v) is 13.9. The van der Waals surface area contributed by atoms with Crippen molar-refractivity contribution < 1.29 is 44.7 Å². The summed E-state index contributed by atoms with van der Waals surface area (Å²) in [6, 6.07) is 9.66. The topological polar surface area (TPSA) is 3.24 Å². The average molecular weight is 619 g/mol. The van der Waals surface area contributed by atoms with E-state index in [9.17, 15) is 25.2 Å². The van der Waals surface area contributed by atoms with Crippen LogP contribution < -0.4 is 5.30 Å². The van der Waals surface area contributed by atoms with Crippen LogP contribution in [0.4, 0.5) is 25.2 Å². The molecule has 1 saturated heterocycles. The van der Waals surface area contributed by atoms with E-state index in [1.54, 1.807) is 10.9 Å². The van der Waals surface area contributed by atoms with Gasteiger partial charge in [0.1, 0.15) is 0 Å². The predicted molar refractivity (Wildman–Crippen MR) is 134 cm³/mol. The van der Waals surface area contributed by atoms with Crippen molar-refractivity contribution in [2.75, 3.05) is 14.1 Å². The molecule has 10 heteroatoms. The van der Waals surface area contributed by atoms with E-state index in [0.717, 1.165) is 11.3 Å². The quantitative estimate of drug-likeness (QED) is 0.141. The van der Waals surface area contributed by atoms with Gasteiger partial charge < -0.3 is 4.90 Å². The maximum atomic E-state index is 9.87. The summed E-state index contributed by atoms with van der Waals surface area (Å²) in [5.74, 6) is 0. The summed E-state index contributed by atoms with van der Waals surface area (Å²) in [4.78, 5) is 2.32. The number of benzene rings is 1. The van der Waals surface area contributed by atoms with Gasteiger partial charge in [0.2, 0.25) is 0 Å². The van der Waals surface area contributed by atoms with E-state index in [1.807, 2.05) is 0 Å². The Morgan fingerprint density at radius 1 is 0.794 bits per heavy atom. The number of rotatable bonds is 3. The third kappa shape index (κ3) is 15.7. The molecule has 34 heavy (non-hydrogen) atoms. The Labute approximate surface area is 215 Å². The van der Waals surface area contributed by atoms with Crippen LogP contribution in [0.1, 0.15) is 70.9 Å². The van der Waals surface area contributed by atoms with Crippen molar-refractivity contribution in [1.82, 2.24) is 4.90 Å². The fraction of sp³-hybridized carbons (Fsp3) is 0.583. The van der Waals surface area contributed by atoms with Crippen LogP contribution in [-0.2, 0) is 19.5 Å². The van der Waals surface area contributed by atoms with E-state index in [-0.39, 0.29) is 27.4 Å².